The number of hydrogen-bond donors (Lipinski definition) is 3. The van der Waals surface area contributed by atoms with E-state index >= 15 is 0 Å². The molecule has 0 fully saturated rings. The first-order chi connectivity index (χ1) is 32.0. The quantitative estimate of drug-likeness (QED) is 0.0245. The Morgan fingerprint density at radius 2 is 0.892 bits per heavy atom. The molecule has 0 heterocycles. The van der Waals surface area contributed by atoms with Gasteiger partial charge in [0, 0.05) is 6.42 Å². The number of aliphatic hydroxyl groups is 2. The second-order valence-corrected chi connectivity index (χ2v) is 18.7. The van der Waals surface area contributed by atoms with Crippen molar-refractivity contribution in [3.05, 3.63) is 72.9 Å². The topological polar surface area (TPSA) is 95.9 Å². The van der Waals surface area contributed by atoms with E-state index in [1.807, 2.05) is 0 Å². The minimum atomic E-state index is -0.805. The van der Waals surface area contributed by atoms with E-state index in [1.165, 1.54) is 122 Å². The smallest absolute Gasteiger partial charge is 0.306 e. The maximum Gasteiger partial charge on any atom is 0.306 e. The van der Waals surface area contributed by atoms with Gasteiger partial charge in [-0.2, -0.15) is 0 Å². The molecule has 0 aromatic rings. The SMILES string of the molecule is CC/C=C/C/C=C/C/C=C/CCCCC(CC(=O)NC(CO)C(O)CCCCCCCCCCCCCCCCCC)OC(=O)CCCCCCC/C=C/C=C/C=C/CCCCCCC. The van der Waals surface area contributed by atoms with Crippen LogP contribution in [0, 0.1) is 0 Å². The largest absolute Gasteiger partial charge is 0.462 e. The van der Waals surface area contributed by atoms with Gasteiger partial charge in [0.25, 0.3) is 0 Å². The number of nitrogens with one attached hydrogen (secondary N) is 1. The first-order valence-corrected chi connectivity index (χ1v) is 27.7. The number of amides is 1. The average molecular weight is 908 g/mol. The Morgan fingerprint density at radius 1 is 0.477 bits per heavy atom. The molecule has 0 aromatic carbocycles. The molecular weight excluding hydrogens is 803 g/mol. The zero-order chi connectivity index (χ0) is 47.4. The molecule has 0 saturated heterocycles. The normalized spacial score (nSPS) is 13.7. The Balaban J connectivity index is 4.58. The molecule has 0 aromatic heterocycles. The minimum Gasteiger partial charge on any atom is -0.462 e. The molecule has 0 aliphatic carbocycles. The molecule has 0 rings (SSSR count). The number of rotatable bonds is 49. The Kier molecular flexibility index (Phi) is 50.1. The summed E-state index contributed by atoms with van der Waals surface area (Å²) in [5.41, 5.74) is 0. The van der Waals surface area contributed by atoms with Crippen LogP contribution in [0.5, 0.6) is 0 Å². The number of hydrogen-bond acceptors (Lipinski definition) is 5. The summed E-state index contributed by atoms with van der Waals surface area (Å²) in [6.45, 7) is 6.35. The van der Waals surface area contributed by atoms with Crippen LogP contribution in [-0.4, -0.2) is 46.9 Å². The lowest BCUT2D eigenvalue weighted by Gasteiger charge is -2.24. The molecule has 6 heteroatoms. The van der Waals surface area contributed by atoms with Gasteiger partial charge in [-0.1, -0.05) is 241 Å². The highest BCUT2D eigenvalue weighted by Crippen LogP contribution is 2.17. The number of esters is 1. The van der Waals surface area contributed by atoms with Crippen molar-refractivity contribution in [1.29, 1.82) is 0 Å². The Labute approximate surface area is 402 Å². The van der Waals surface area contributed by atoms with E-state index in [0.717, 1.165) is 96.3 Å². The standard InChI is InChI=1S/C59H105NO5/c1-4-7-10-13-16-19-22-25-27-29-30-32-34-37-40-43-46-49-52-59(64)65-55(50-47-44-41-38-35-24-21-18-15-12-9-6-3)53-58(63)60-56(54-61)57(62)51-48-45-42-39-36-33-31-28-26-23-20-17-14-11-8-5-2/h9,12,18,21-22,25,27,29-30,32,35,38,55-57,61-62H,4-8,10-11,13-17,19-20,23-24,26,28,31,33-34,36-37,39-54H2,1-3H3,(H,60,63)/b12-9+,21-18+,25-22+,29-27+,32-30+,38-35+. The lowest BCUT2D eigenvalue weighted by molar-refractivity contribution is -0.151. The van der Waals surface area contributed by atoms with Crippen LogP contribution in [-0.2, 0) is 14.3 Å². The lowest BCUT2D eigenvalue weighted by atomic mass is 10.0. The Morgan fingerprint density at radius 3 is 1.40 bits per heavy atom. The highest BCUT2D eigenvalue weighted by atomic mass is 16.5. The van der Waals surface area contributed by atoms with Crippen molar-refractivity contribution in [2.75, 3.05) is 6.61 Å². The summed E-state index contributed by atoms with van der Waals surface area (Å²) in [6, 6.07) is -0.721. The second kappa shape index (κ2) is 52.3. The van der Waals surface area contributed by atoms with E-state index in [9.17, 15) is 19.8 Å². The van der Waals surface area contributed by atoms with Gasteiger partial charge >= 0.3 is 5.97 Å². The molecule has 0 saturated carbocycles. The summed E-state index contributed by atoms with van der Waals surface area (Å²) in [6.07, 6.45) is 66.8. The van der Waals surface area contributed by atoms with Crippen LogP contribution in [0.25, 0.3) is 0 Å². The number of aliphatic hydroxyl groups excluding tert-OH is 2. The third-order valence-electron chi connectivity index (χ3n) is 12.3. The highest BCUT2D eigenvalue weighted by molar-refractivity contribution is 5.77. The highest BCUT2D eigenvalue weighted by Gasteiger charge is 2.24. The van der Waals surface area contributed by atoms with Crippen LogP contribution in [0.2, 0.25) is 0 Å². The summed E-state index contributed by atoms with van der Waals surface area (Å²) >= 11 is 0. The first-order valence-electron chi connectivity index (χ1n) is 27.7. The van der Waals surface area contributed by atoms with Crippen LogP contribution < -0.4 is 5.32 Å². The molecule has 3 atom stereocenters. The van der Waals surface area contributed by atoms with Crippen molar-refractivity contribution in [3.63, 3.8) is 0 Å². The number of allylic oxidation sites excluding steroid dienone is 12. The second-order valence-electron chi connectivity index (χ2n) is 18.7. The van der Waals surface area contributed by atoms with Gasteiger partial charge in [-0.25, -0.2) is 0 Å². The van der Waals surface area contributed by atoms with Gasteiger partial charge in [-0.05, 0) is 83.5 Å². The van der Waals surface area contributed by atoms with E-state index in [0.29, 0.717) is 19.3 Å². The summed E-state index contributed by atoms with van der Waals surface area (Å²) in [5, 5.41) is 23.8. The molecule has 0 radical (unpaired) electrons. The molecule has 3 unspecified atom stereocenters. The van der Waals surface area contributed by atoms with Crippen LogP contribution in [0.4, 0.5) is 0 Å². The van der Waals surface area contributed by atoms with Crippen molar-refractivity contribution in [1.82, 2.24) is 5.32 Å². The fourth-order valence-electron chi connectivity index (χ4n) is 8.15. The summed E-state index contributed by atoms with van der Waals surface area (Å²) < 4.78 is 5.92. The molecule has 1 amide bonds. The van der Waals surface area contributed by atoms with Gasteiger partial charge < -0.3 is 20.3 Å². The third kappa shape index (κ3) is 47.6. The molecule has 3 N–H and O–H groups in total. The van der Waals surface area contributed by atoms with Gasteiger partial charge in [-0.15, -0.1) is 0 Å². The van der Waals surface area contributed by atoms with Crippen LogP contribution in [0.15, 0.2) is 72.9 Å². The van der Waals surface area contributed by atoms with E-state index in [1.54, 1.807) is 0 Å². The monoisotopic (exact) mass is 908 g/mol. The number of carbonyl (C=O) groups excluding carboxylic acids is 2. The molecule has 6 nitrogen and oxygen atoms in total. The van der Waals surface area contributed by atoms with Crippen molar-refractivity contribution in [3.8, 4) is 0 Å². The maximum atomic E-state index is 13.2. The minimum absolute atomic E-state index is 0.0409. The fourth-order valence-corrected chi connectivity index (χ4v) is 8.15. The molecule has 0 bridgehead atoms. The van der Waals surface area contributed by atoms with Gasteiger partial charge in [0.2, 0.25) is 5.91 Å². The number of unbranched alkanes of at least 4 members (excludes halogenated alkanes) is 27. The van der Waals surface area contributed by atoms with Crippen LogP contribution in [0.1, 0.15) is 265 Å². The Bertz CT molecular complexity index is 1200. The maximum absolute atomic E-state index is 13.2. The van der Waals surface area contributed by atoms with Crippen molar-refractivity contribution in [2.24, 2.45) is 0 Å². The first kappa shape index (κ1) is 62.3. The van der Waals surface area contributed by atoms with Gasteiger partial charge in [0.1, 0.15) is 6.10 Å². The van der Waals surface area contributed by atoms with Gasteiger partial charge in [0.05, 0.1) is 25.2 Å². The number of ether oxygens (including phenoxy) is 1. The van der Waals surface area contributed by atoms with Gasteiger partial charge in [-0.3, -0.25) is 9.59 Å². The summed E-state index contributed by atoms with van der Waals surface area (Å²) in [7, 11) is 0. The molecule has 0 aliphatic rings. The molecule has 0 spiro atoms. The predicted molar refractivity (Wildman–Crippen MR) is 282 cm³/mol. The van der Waals surface area contributed by atoms with Crippen molar-refractivity contribution < 1.29 is 24.5 Å². The van der Waals surface area contributed by atoms with E-state index in [-0.39, 0.29) is 24.9 Å². The van der Waals surface area contributed by atoms with Gasteiger partial charge in [0.15, 0.2) is 0 Å². The average Bonchev–Trinajstić information content (AvgIpc) is 3.30. The lowest BCUT2D eigenvalue weighted by Crippen LogP contribution is -2.46. The Hall–Kier alpha value is -2.70. The molecule has 0 aliphatic heterocycles. The predicted octanol–water partition coefficient (Wildman–Crippen LogP) is 17.0. The van der Waals surface area contributed by atoms with E-state index in [2.05, 4.69) is 99.0 Å². The fraction of sp³-hybridized carbons (Fsp3) is 0.763. The summed E-state index contributed by atoms with van der Waals surface area (Å²) in [5.74, 6) is -0.534. The van der Waals surface area contributed by atoms with E-state index in [4.69, 9.17) is 4.74 Å². The molecule has 65 heavy (non-hydrogen) atoms. The van der Waals surface area contributed by atoms with Crippen LogP contribution >= 0.6 is 0 Å². The van der Waals surface area contributed by atoms with Crippen molar-refractivity contribution >= 4 is 11.9 Å². The third-order valence-corrected chi connectivity index (χ3v) is 12.3. The van der Waals surface area contributed by atoms with Crippen molar-refractivity contribution in [2.45, 2.75) is 283 Å². The van der Waals surface area contributed by atoms with E-state index < -0.39 is 18.2 Å². The summed E-state index contributed by atoms with van der Waals surface area (Å²) in [4.78, 5) is 26.2. The molecular formula is C59H105NO5. The zero-order valence-electron chi connectivity index (χ0n) is 42.9. The number of carbonyl (C=O) groups is 2. The van der Waals surface area contributed by atoms with Crippen LogP contribution in [0.3, 0.4) is 0 Å². The molecule has 376 valence electrons. The zero-order valence-corrected chi connectivity index (χ0v) is 42.9.